The van der Waals surface area contributed by atoms with Gasteiger partial charge in [0.15, 0.2) is 0 Å². The quantitative estimate of drug-likeness (QED) is 0.809. The van der Waals surface area contributed by atoms with Crippen LogP contribution in [0.3, 0.4) is 0 Å². The van der Waals surface area contributed by atoms with E-state index < -0.39 is 0 Å². The second-order valence-corrected chi connectivity index (χ2v) is 6.48. The molecule has 1 saturated carbocycles. The van der Waals surface area contributed by atoms with Gasteiger partial charge in [-0.05, 0) is 61.8 Å². The maximum Gasteiger partial charge on any atom is 0.0297 e. The first kappa shape index (κ1) is 14.3. The van der Waals surface area contributed by atoms with Gasteiger partial charge in [-0.15, -0.1) is 0 Å². The molecule has 0 heterocycles. The van der Waals surface area contributed by atoms with Crippen LogP contribution < -0.4 is 5.32 Å². The van der Waals surface area contributed by atoms with Crippen molar-refractivity contribution in [3.63, 3.8) is 0 Å². The number of hydrogen-bond donors (Lipinski definition) is 1. The van der Waals surface area contributed by atoms with Gasteiger partial charge in [-0.1, -0.05) is 48.0 Å². The average Bonchev–Trinajstić information content (AvgIpc) is 3.32. The van der Waals surface area contributed by atoms with Gasteiger partial charge in [0, 0.05) is 12.6 Å². The van der Waals surface area contributed by atoms with Crippen molar-refractivity contribution < 1.29 is 0 Å². The summed E-state index contributed by atoms with van der Waals surface area (Å²) in [6.07, 6.45) is 2.74. The molecule has 1 aliphatic carbocycles. The minimum absolute atomic E-state index is 0.384. The molecule has 0 aromatic heterocycles. The van der Waals surface area contributed by atoms with Gasteiger partial charge in [0.2, 0.25) is 0 Å². The number of aryl methyl sites for hydroxylation is 2. The molecule has 1 nitrogen and oxygen atoms in total. The number of rotatable bonds is 5. The highest BCUT2D eigenvalue weighted by molar-refractivity contribution is 5.33. The van der Waals surface area contributed by atoms with Crippen molar-refractivity contribution >= 4 is 0 Å². The van der Waals surface area contributed by atoms with Crippen LogP contribution >= 0.6 is 0 Å². The van der Waals surface area contributed by atoms with Crippen LogP contribution in [-0.2, 0) is 6.54 Å². The largest absolute Gasteiger partial charge is 0.306 e. The van der Waals surface area contributed by atoms with Crippen LogP contribution in [0.15, 0.2) is 42.5 Å². The lowest BCUT2D eigenvalue weighted by Gasteiger charge is -2.17. The molecule has 21 heavy (non-hydrogen) atoms. The molecule has 0 bridgehead atoms. The van der Waals surface area contributed by atoms with Crippen molar-refractivity contribution in [3.8, 4) is 0 Å². The molecule has 0 saturated heterocycles. The fourth-order valence-electron chi connectivity index (χ4n) is 2.98. The minimum Gasteiger partial charge on any atom is -0.306 e. The van der Waals surface area contributed by atoms with Gasteiger partial charge in [-0.25, -0.2) is 0 Å². The Labute approximate surface area is 128 Å². The van der Waals surface area contributed by atoms with Gasteiger partial charge in [-0.2, -0.15) is 0 Å². The highest BCUT2D eigenvalue weighted by Crippen LogP contribution is 2.40. The van der Waals surface area contributed by atoms with Gasteiger partial charge >= 0.3 is 0 Å². The summed E-state index contributed by atoms with van der Waals surface area (Å²) in [5.41, 5.74) is 7.03. The van der Waals surface area contributed by atoms with E-state index in [9.17, 15) is 0 Å². The lowest BCUT2D eigenvalue weighted by atomic mass is 9.99. The topological polar surface area (TPSA) is 12.0 Å². The highest BCUT2D eigenvalue weighted by Gasteiger charge is 2.23. The summed E-state index contributed by atoms with van der Waals surface area (Å²) in [4.78, 5) is 0. The van der Waals surface area contributed by atoms with Gasteiger partial charge in [-0.3, -0.25) is 0 Å². The molecular formula is C20H25N. The molecule has 0 radical (unpaired) electrons. The molecule has 1 atom stereocenters. The van der Waals surface area contributed by atoms with Gasteiger partial charge in [0.1, 0.15) is 0 Å². The van der Waals surface area contributed by atoms with E-state index in [1.54, 1.807) is 0 Å². The monoisotopic (exact) mass is 279 g/mol. The van der Waals surface area contributed by atoms with Crippen LogP contribution in [-0.4, -0.2) is 0 Å². The Bertz CT molecular complexity index is 625. The Balaban J connectivity index is 1.66. The first-order chi connectivity index (χ1) is 10.1. The lowest BCUT2D eigenvalue weighted by Crippen LogP contribution is -2.19. The van der Waals surface area contributed by atoms with Gasteiger partial charge in [0.05, 0.1) is 0 Å². The molecule has 0 amide bonds. The van der Waals surface area contributed by atoms with E-state index in [1.165, 1.54) is 40.7 Å². The second kappa shape index (κ2) is 6.03. The molecule has 0 spiro atoms. The fourth-order valence-corrected chi connectivity index (χ4v) is 2.98. The van der Waals surface area contributed by atoms with Crippen LogP contribution in [0.25, 0.3) is 0 Å². The Morgan fingerprint density at radius 3 is 2.67 bits per heavy atom. The van der Waals surface area contributed by atoms with E-state index in [0.717, 1.165) is 12.5 Å². The normalized spacial score (nSPS) is 16.0. The Kier molecular flexibility index (Phi) is 4.12. The van der Waals surface area contributed by atoms with Crippen molar-refractivity contribution in [2.24, 2.45) is 0 Å². The molecule has 0 aliphatic heterocycles. The average molecular weight is 279 g/mol. The van der Waals surface area contributed by atoms with Crippen molar-refractivity contribution in [2.75, 3.05) is 0 Å². The van der Waals surface area contributed by atoms with E-state index in [2.05, 4.69) is 68.6 Å². The minimum atomic E-state index is 0.384. The predicted octanol–water partition coefficient (Wildman–Crippen LogP) is 5.03. The summed E-state index contributed by atoms with van der Waals surface area (Å²) in [5, 5.41) is 3.67. The van der Waals surface area contributed by atoms with Crippen molar-refractivity contribution in [1.29, 1.82) is 0 Å². The Morgan fingerprint density at radius 1 is 1.10 bits per heavy atom. The zero-order chi connectivity index (χ0) is 14.8. The SMILES string of the molecule is Cc1ccc(C)c(C(C)NCc2cccc(C3CC3)c2)c1. The maximum absolute atomic E-state index is 3.67. The van der Waals surface area contributed by atoms with Crippen LogP contribution in [0.2, 0.25) is 0 Å². The zero-order valence-electron chi connectivity index (χ0n) is 13.3. The highest BCUT2D eigenvalue weighted by atomic mass is 14.9. The number of nitrogens with one attached hydrogen (secondary N) is 1. The first-order valence-corrected chi connectivity index (χ1v) is 8.03. The molecule has 2 aromatic rings. The van der Waals surface area contributed by atoms with Gasteiger partial charge < -0.3 is 5.32 Å². The summed E-state index contributed by atoms with van der Waals surface area (Å²) in [6, 6.07) is 16.2. The third kappa shape index (κ3) is 3.54. The van der Waals surface area contributed by atoms with Crippen LogP contribution in [0.5, 0.6) is 0 Å². The molecule has 2 aromatic carbocycles. The summed E-state index contributed by atoms with van der Waals surface area (Å²) >= 11 is 0. The summed E-state index contributed by atoms with van der Waals surface area (Å²) in [5.74, 6) is 0.835. The molecule has 3 rings (SSSR count). The molecule has 110 valence electrons. The Morgan fingerprint density at radius 2 is 1.90 bits per heavy atom. The third-order valence-corrected chi connectivity index (χ3v) is 4.51. The number of benzene rings is 2. The molecular weight excluding hydrogens is 254 g/mol. The van der Waals surface area contributed by atoms with Crippen molar-refractivity contribution in [1.82, 2.24) is 5.32 Å². The molecule has 1 unspecified atom stereocenters. The Hall–Kier alpha value is -1.60. The molecule has 1 aliphatic rings. The molecule has 1 fully saturated rings. The third-order valence-electron chi connectivity index (χ3n) is 4.51. The molecule has 1 N–H and O–H groups in total. The predicted molar refractivity (Wildman–Crippen MR) is 89.6 cm³/mol. The van der Waals surface area contributed by atoms with Crippen LogP contribution in [0.4, 0.5) is 0 Å². The summed E-state index contributed by atoms with van der Waals surface area (Å²) < 4.78 is 0. The first-order valence-electron chi connectivity index (χ1n) is 8.03. The van der Waals surface area contributed by atoms with Crippen LogP contribution in [0.1, 0.15) is 59.5 Å². The maximum atomic E-state index is 3.67. The van der Waals surface area contributed by atoms with Gasteiger partial charge in [0.25, 0.3) is 0 Å². The smallest absolute Gasteiger partial charge is 0.0297 e. The summed E-state index contributed by atoms with van der Waals surface area (Å²) in [6.45, 7) is 7.55. The molecule has 1 heteroatoms. The van der Waals surface area contributed by atoms with Crippen molar-refractivity contribution in [2.45, 2.75) is 52.1 Å². The van der Waals surface area contributed by atoms with E-state index in [4.69, 9.17) is 0 Å². The van der Waals surface area contributed by atoms with E-state index in [0.29, 0.717) is 6.04 Å². The lowest BCUT2D eigenvalue weighted by molar-refractivity contribution is 0.571. The van der Waals surface area contributed by atoms with E-state index in [-0.39, 0.29) is 0 Å². The second-order valence-electron chi connectivity index (χ2n) is 6.48. The van der Waals surface area contributed by atoms with E-state index >= 15 is 0 Å². The number of hydrogen-bond acceptors (Lipinski definition) is 1. The fraction of sp³-hybridized carbons (Fsp3) is 0.400. The van der Waals surface area contributed by atoms with Crippen LogP contribution in [0, 0.1) is 13.8 Å². The standard InChI is InChI=1S/C20H25N/c1-14-7-8-15(2)20(11-14)16(3)21-13-17-5-4-6-19(12-17)18-9-10-18/h4-8,11-12,16,18,21H,9-10,13H2,1-3H3. The van der Waals surface area contributed by atoms with E-state index in [1.807, 2.05) is 0 Å². The zero-order valence-corrected chi connectivity index (χ0v) is 13.3. The summed E-state index contributed by atoms with van der Waals surface area (Å²) in [7, 11) is 0. The van der Waals surface area contributed by atoms with Crippen molar-refractivity contribution in [3.05, 3.63) is 70.3 Å².